The average Bonchev–Trinajstić information content (AvgIpc) is 2.21. The standard InChI is InChI=1S/C11H11ClN2O/c12-10-6-4-9(5-7-10)2-1-3-11(15)8-14-13/h4-8H,1-3H2. The summed E-state index contributed by atoms with van der Waals surface area (Å²) in [7, 11) is 0. The Labute approximate surface area is 93.3 Å². The number of rotatable bonds is 5. The molecule has 3 nitrogen and oxygen atoms in total. The molecule has 0 amide bonds. The van der Waals surface area contributed by atoms with Crippen molar-refractivity contribution in [2.75, 3.05) is 0 Å². The van der Waals surface area contributed by atoms with E-state index in [0.717, 1.165) is 24.6 Å². The molecule has 0 bridgehead atoms. The lowest BCUT2D eigenvalue weighted by Gasteiger charge is -1.98. The third kappa shape index (κ3) is 4.54. The van der Waals surface area contributed by atoms with Gasteiger partial charge in [-0.1, -0.05) is 23.7 Å². The number of aryl methyl sites for hydroxylation is 1. The Balaban J connectivity index is 2.35. The number of hydrogen-bond acceptors (Lipinski definition) is 1. The third-order valence-corrected chi connectivity index (χ3v) is 2.26. The predicted octanol–water partition coefficient (Wildman–Crippen LogP) is 2.53. The van der Waals surface area contributed by atoms with Gasteiger partial charge in [-0.05, 0) is 30.5 Å². The van der Waals surface area contributed by atoms with E-state index in [0.29, 0.717) is 11.4 Å². The van der Waals surface area contributed by atoms with Crippen LogP contribution in [0.1, 0.15) is 18.4 Å². The van der Waals surface area contributed by atoms with E-state index in [1.165, 1.54) is 0 Å². The molecule has 0 aromatic heterocycles. The van der Waals surface area contributed by atoms with Crippen LogP contribution < -0.4 is 0 Å². The van der Waals surface area contributed by atoms with Gasteiger partial charge in [-0.25, -0.2) is 0 Å². The van der Waals surface area contributed by atoms with Crippen LogP contribution in [0.15, 0.2) is 24.3 Å². The van der Waals surface area contributed by atoms with Crippen molar-refractivity contribution >= 4 is 23.6 Å². The lowest BCUT2D eigenvalue weighted by Crippen LogP contribution is -2.00. The monoisotopic (exact) mass is 222 g/mol. The second-order valence-electron chi connectivity index (χ2n) is 3.19. The highest BCUT2D eigenvalue weighted by atomic mass is 35.5. The smallest absolute Gasteiger partial charge is 0.323 e. The largest absolute Gasteiger partial charge is 0.361 e. The molecule has 0 aliphatic heterocycles. The van der Waals surface area contributed by atoms with Crippen molar-refractivity contribution in [1.29, 1.82) is 0 Å². The molecule has 1 aromatic rings. The van der Waals surface area contributed by atoms with E-state index < -0.39 is 0 Å². The van der Waals surface area contributed by atoms with Crippen molar-refractivity contribution < 1.29 is 9.58 Å². The maximum atomic E-state index is 11.0. The van der Waals surface area contributed by atoms with Crippen LogP contribution in [0.4, 0.5) is 0 Å². The zero-order chi connectivity index (χ0) is 11.1. The Hall–Kier alpha value is -1.44. The molecule has 4 heteroatoms. The average molecular weight is 223 g/mol. The molecule has 0 spiro atoms. The van der Waals surface area contributed by atoms with Crippen molar-refractivity contribution in [2.24, 2.45) is 0 Å². The second-order valence-corrected chi connectivity index (χ2v) is 3.63. The normalized spacial score (nSPS) is 9.40. The summed E-state index contributed by atoms with van der Waals surface area (Å²) < 4.78 is 0. The Morgan fingerprint density at radius 3 is 2.67 bits per heavy atom. The quantitative estimate of drug-likeness (QED) is 0.429. The van der Waals surface area contributed by atoms with Gasteiger partial charge < -0.3 is 5.53 Å². The first-order valence-corrected chi connectivity index (χ1v) is 5.05. The van der Waals surface area contributed by atoms with Crippen LogP contribution >= 0.6 is 11.6 Å². The van der Waals surface area contributed by atoms with Gasteiger partial charge >= 0.3 is 6.21 Å². The molecule has 0 atom stereocenters. The van der Waals surface area contributed by atoms with Gasteiger partial charge in [0.15, 0.2) is 0 Å². The molecule has 0 N–H and O–H groups in total. The number of Topliss-reactive ketones (excluding diaryl/α,β-unsaturated/α-hetero) is 1. The van der Waals surface area contributed by atoms with Crippen molar-refractivity contribution in [2.45, 2.75) is 19.3 Å². The van der Waals surface area contributed by atoms with E-state index in [-0.39, 0.29) is 5.78 Å². The van der Waals surface area contributed by atoms with Gasteiger partial charge in [-0.3, -0.25) is 4.79 Å². The number of halogens is 1. The number of benzene rings is 1. The number of ketones is 1. The molecule has 0 saturated carbocycles. The maximum Gasteiger partial charge on any atom is 0.323 e. The summed E-state index contributed by atoms with van der Waals surface area (Å²) in [6.07, 6.45) is 2.89. The van der Waals surface area contributed by atoms with Crippen LogP contribution in [0.25, 0.3) is 5.53 Å². The molecule has 0 saturated heterocycles. The fraction of sp³-hybridized carbons (Fsp3) is 0.273. The van der Waals surface area contributed by atoms with Gasteiger partial charge in [0.2, 0.25) is 5.78 Å². The number of carbonyl (C=O) groups is 1. The number of nitrogens with zero attached hydrogens (tertiary/aromatic N) is 2. The molecule has 0 fully saturated rings. The summed E-state index contributed by atoms with van der Waals surface area (Å²) in [5.74, 6) is -0.161. The Morgan fingerprint density at radius 1 is 1.40 bits per heavy atom. The molecule has 1 rings (SSSR count). The van der Waals surface area contributed by atoms with E-state index in [9.17, 15) is 4.79 Å². The maximum absolute atomic E-state index is 11.0. The molecular formula is C11H11ClN2O. The predicted molar refractivity (Wildman–Crippen MR) is 59.1 cm³/mol. The highest BCUT2D eigenvalue weighted by molar-refractivity contribution is 6.30. The van der Waals surface area contributed by atoms with Crippen molar-refractivity contribution in [1.82, 2.24) is 0 Å². The molecule has 1 aromatic carbocycles. The van der Waals surface area contributed by atoms with Crippen molar-refractivity contribution in [3.63, 3.8) is 0 Å². The van der Waals surface area contributed by atoms with Gasteiger partial charge in [0.05, 0.1) is 0 Å². The first-order valence-electron chi connectivity index (χ1n) is 4.67. The minimum Gasteiger partial charge on any atom is -0.361 e. The zero-order valence-electron chi connectivity index (χ0n) is 8.19. The molecule has 0 heterocycles. The van der Waals surface area contributed by atoms with Crippen LogP contribution in [-0.4, -0.2) is 16.8 Å². The Kier molecular flexibility index (Phi) is 4.75. The summed E-state index contributed by atoms with van der Waals surface area (Å²) in [6, 6.07) is 7.53. The fourth-order valence-electron chi connectivity index (χ4n) is 1.25. The topological polar surface area (TPSA) is 53.5 Å². The second kappa shape index (κ2) is 6.12. The summed E-state index contributed by atoms with van der Waals surface area (Å²) >= 11 is 5.74. The zero-order valence-corrected chi connectivity index (χ0v) is 8.94. The lowest BCUT2D eigenvalue weighted by atomic mass is 10.1. The van der Waals surface area contributed by atoms with Gasteiger partial charge in [-0.15, -0.1) is 0 Å². The lowest BCUT2D eigenvalue weighted by molar-refractivity contribution is -0.116. The van der Waals surface area contributed by atoms with Crippen LogP contribution in [0, 0.1) is 0 Å². The van der Waals surface area contributed by atoms with E-state index >= 15 is 0 Å². The minimum absolute atomic E-state index is 0.161. The Bertz CT molecular complexity index is 380. The number of carbonyl (C=O) groups excluding carboxylic acids is 1. The number of hydrogen-bond donors (Lipinski definition) is 0. The first-order chi connectivity index (χ1) is 7.22. The van der Waals surface area contributed by atoms with Crippen LogP contribution in [0.3, 0.4) is 0 Å². The van der Waals surface area contributed by atoms with E-state index in [2.05, 4.69) is 4.79 Å². The van der Waals surface area contributed by atoms with Crippen LogP contribution in [0.2, 0.25) is 5.02 Å². The summed E-state index contributed by atoms with van der Waals surface area (Å²) in [6.45, 7) is 0. The first kappa shape index (κ1) is 11.6. The molecular weight excluding hydrogens is 212 g/mol. The summed E-state index contributed by atoms with van der Waals surface area (Å²) in [5.41, 5.74) is 9.26. The van der Waals surface area contributed by atoms with Gasteiger partial charge in [0.25, 0.3) is 0 Å². The third-order valence-electron chi connectivity index (χ3n) is 2.00. The van der Waals surface area contributed by atoms with Gasteiger partial charge in [-0.2, -0.15) is 4.79 Å². The summed E-state index contributed by atoms with van der Waals surface area (Å²) in [4.78, 5) is 13.6. The minimum atomic E-state index is -0.161. The highest BCUT2D eigenvalue weighted by Gasteiger charge is 2.02. The van der Waals surface area contributed by atoms with Crippen LogP contribution in [0.5, 0.6) is 0 Å². The Morgan fingerprint density at radius 2 is 2.07 bits per heavy atom. The molecule has 0 aliphatic rings. The van der Waals surface area contributed by atoms with E-state index in [1.807, 2.05) is 24.3 Å². The molecule has 15 heavy (non-hydrogen) atoms. The highest BCUT2D eigenvalue weighted by Crippen LogP contribution is 2.11. The SMILES string of the molecule is [N-]=[N+]=CC(=O)CCCc1ccc(Cl)cc1. The van der Waals surface area contributed by atoms with Crippen LogP contribution in [-0.2, 0) is 11.2 Å². The van der Waals surface area contributed by atoms with Crippen molar-refractivity contribution in [3.05, 3.63) is 40.4 Å². The van der Waals surface area contributed by atoms with E-state index in [1.54, 1.807) is 0 Å². The van der Waals surface area contributed by atoms with E-state index in [4.69, 9.17) is 17.1 Å². The summed E-state index contributed by atoms with van der Waals surface area (Å²) in [5, 5.41) is 0.710. The molecule has 0 aliphatic carbocycles. The van der Waals surface area contributed by atoms with Gasteiger partial charge in [0, 0.05) is 11.4 Å². The fourth-order valence-corrected chi connectivity index (χ4v) is 1.37. The molecule has 0 radical (unpaired) electrons. The van der Waals surface area contributed by atoms with Crippen molar-refractivity contribution in [3.8, 4) is 0 Å². The molecule has 78 valence electrons. The van der Waals surface area contributed by atoms with Gasteiger partial charge in [0.1, 0.15) is 0 Å². The molecule has 0 unspecified atom stereocenters.